The predicted molar refractivity (Wildman–Crippen MR) is 117 cm³/mol. The molecule has 35 heavy (non-hydrogen) atoms. The van der Waals surface area contributed by atoms with Gasteiger partial charge in [0, 0.05) is 61.1 Å². The first-order valence-electron chi connectivity index (χ1n) is 12.4. The number of halogens is 3. The molecular weight excluding hydrogens is 461 g/mol. The summed E-state index contributed by atoms with van der Waals surface area (Å²) in [7, 11) is 0. The summed E-state index contributed by atoms with van der Waals surface area (Å²) >= 11 is 0. The van der Waals surface area contributed by atoms with Crippen LogP contribution in [0.2, 0.25) is 0 Å². The van der Waals surface area contributed by atoms with E-state index in [1.807, 2.05) is 9.80 Å². The van der Waals surface area contributed by atoms with Crippen molar-refractivity contribution in [3.05, 3.63) is 35.5 Å². The fourth-order valence-electron chi connectivity index (χ4n) is 6.50. The maximum absolute atomic E-state index is 12.9. The molecule has 0 radical (unpaired) electrons. The van der Waals surface area contributed by atoms with Crippen LogP contribution in [0.5, 0.6) is 5.88 Å². The van der Waals surface area contributed by atoms with Gasteiger partial charge in [-0.15, -0.1) is 0 Å². The van der Waals surface area contributed by atoms with Gasteiger partial charge in [0.25, 0.3) is 0 Å². The van der Waals surface area contributed by atoms with Gasteiger partial charge in [0.15, 0.2) is 5.82 Å². The Morgan fingerprint density at radius 1 is 1.03 bits per heavy atom. The van der Waals surface area contributed by atoms with Crippen LogP contribution in [0, 0.1) is 10.8 Å². The van der Waals surface area contributed by atoms with Gasteiger partial charge in [-0.25, -0.2) is 14.8 Å². The van der Waals surface area contributed by atoms with Gasteiger partial charge in [0.2, 0.25) is 5.88 Å². The molecule has 186 valence electrons. The molecule has 7 rings (SSSR count). The molecule has 2 aliphatic heterocycles. The number of rotatable bonds is 4. The van der Waals surface area contributed by atoms with Gasteiger partial charge >= 0.3 is 12.2 Å². The molecule has 0 bridgehead atoms. The van der Waals surface area contributed by atoms with E-state index in [1.54, 1.807) is 0 Å². The lowest BCUT2D eigenvalue weighted by molar-refractivity contribution is -0.138. The normalized spacial score (nSPS) is 25.1. The third-order valence-corrected chi connectivity index (χ3v) is 8.53. The van der Waals surface area contributed by atoms with Gasteiger partial charge in [0.05, 0.1) is 5.56 Å². The topological polar surface area (TPSA) is 87.2 Å². The quantitative estimate of drug-likeness (QED) is 0.705. The highest BCUT2D eigenvalue weighted by atomic mass is 19.4. The largest absolute Gasteiger partial charge is 0.474 e. The van der Waals surface area contributed by atoms with Gasteiger partial charge in [0.1, 0.15) is 11.9 Å². The van der Waals surface area contributed by atoms with E-state index < -0.39 is 11.7 Å². The van der Waals surface area contributed by atoms with Crippen molar-refractivity contribution >= 4 is 6.03 Å². The van der Waals surface area contributed by atoms with E-state index in [1.165, 1.54) is 12.8 Å². The van der Waals surface area contributed by atoms with Crippen LogP contribution in [0.15, 0.2) is 18.3 Å². The first-order valence-corrected chi connectivity index (χ1v) is 12.4. The average Bonchev–Trinajstić information content (AvgIpc) is 3.44. The lowest BCUT2D eigenvalue weighted by atomic mass is 9.57. The maximum atomic E-state index is 12.9. The zero-order chi connectivity index (χ0) is 24.0. The summed E-state index contributed by atoms with van der Waals surface area (Å²) < 4.78 is 44.3. The van der Waals surface area contributed by atoms with Crippen molar-refractivity contribution in [3.63, 3.8) is 0 Å². The monoisotopic (exact) mass is 488 g/mol. The number of likely N-dealkylation sites (tertiary alicyclic amines) is 2. The van der Waals surface area contributed by atoms with Crippen LogP contribution in [0.3, 0.4) is 0 Å². The van der Waals surface area contributed by atoms with Crippen LogP contribution in [0.1, 0.15) is 67.6 Å². The molecule has 3 aliphatic carbocycles. The number of carbonyl (C=O) groups excluding carboxylic acids is 1. The number of nitrogens with zero attached hydrogens (tertiary/aromatic N) is 5. The number of aromatic amines is 1. The zero-order valence-electron chi connectivity index (χ0n) is 19.2. The van der Waals surface area contributed by atoms with Crippen molar-refractivity contribution in [2.45, 2.75) is 62.6 Å². The van der Waals surface area contributed by atoms with Gasteiger partial charge in [-0.1, -0.05) is 0 Å². The molecule has 5 fully saturated rings. The number of ether oxygens (including phenoxy) is 1. The predicted octanol–water partition coefficient (Wildman–Crippen LogP) is 3.94. The summed E-state index contributed by atoms with van der Waals surface area (Å²) in [5.74, 6) is 2.96. The summed E-state index contributed by atoms with van der Waals surface area (Å²) in [6.45, 7) is 3.00. The SMILES string of the molecule is O=C(N1CC2(CC(Oc3cc(C(F)(F)F)ccn3)C2)C1)N1CC2(CC(c3nc(C4CC4)n[nH]3)C2)C1. The van der Waals surface area contributed by atoms with Crippen molar-refractivity contribution in [1.29, 1.82) is 0 Å². The third kappa shape index (κ3) is 3.65. The molecule has 0 unspecified atom stereocenters. The molecule has 0 aromatic carbocycles. The summed E-state index contributed by atoms with van der Waals surface area (Å²) in [5, 5.41) is 7.48. The summed E-state index contributed by atoms with van der Waals surface area (Å²) in [5.41, 5.74) is -0.480. The smallest absolute Gasteiger partial charge is 0.416 e. The van der Waals surface area contributed by atoms with Crippen molar-refractivity contribution in [1.82, 2.24) is 30.0 Å². The fourth-order valence-corrected chi connectivity index (χ4v) is 6.50. The minimum absolute atomic E-state index is 0.00528. The number of urea groups is 1. The van der Waals surface area contributed by atoms with E-state index >= 15 is 0 Å². The van der Waals surface area contributed by atoms with Crippen molar-refractivity contribution in [2.24, 2.45) is 10.8 Å². The van der Waals surface area contributed by atoms with Crippen LogP contribution in [-0.2, 0) is 6.18 Å². The van der Waals surface area contributed by atoms with E-state index in [2.05, 4.69) is 20.2 Å². The number of pyridine rings is 1. The zero-order valence-corrected chi connectivity index (χ0v) is 19.2. The number of aromatic nitrogens is 4. The highest BCUT2D eigenvalue weighted by Gasteiger charge is 2.59. The number of hydrogen-bond acceptors (Lipinski definition) is 5. The fraction of sp³-hybridized carbons (Fsp3) is 0.667. The van der Waals surface area contributed by atoms with E-state index in [-0.39, 0.29) is 28.8 Å². The number of nitrogens with one attached hydrogen (secondary N) is 1. The molecular formula is C24H27F3N6O2. The van der Waals surface area contributed by atoms with Crippen LogP contribution in [0.4, 0.5) is 18.0 Å². The van der Waals surface area contributed by atoms with Crippen LogP contribution >= 0.6 is 0 Å². The molecule has 3 saturated carbocycles. The second-order valence-corrected chi connectivity index (χ2v) is 11.5. The molecule has 5 aliphatic rings. The molecule has 8 nitrogen and oxygen atoms in total. The maximum Gasteiger partial charge on any atom is 0.416 e. The number of hydrogen-bond donors (Lipinski definition) is 1. The minimum atomic E-state index is -4.41. The number of amides is 2. The van der Waals surface area contributed by atoms with E-state index in [9.17, 15) is 18.0 Å². The summed E-state index contributed by atoms with van der Waals surface area (Å²) in [6.07, 6.45) is 2.54. The minimum Gasteiger partial charge on any atom is -0.474 e. The molecule has 2 aromatic heterocycles. The summed E-state index contributed by atoms with van der Waals surface area (Å²) in [4.78, 5) is 25.3. The molecule has 1 N–H and O–H groups in total. The van der Waals surface area contributed by atoms with E-state index in [0.29, 0.717) is 24.9 Å². The van der Waals surface area contributed by atoms with Gasteiger partial charge in [-0.2, -0.15) is 18.3 Å². The highest BCUT2D eigenvalue weighted by Crippen LogP contribution is 2.56. The molecule has 2 spiro atoms. The molecule has 4 heterocycles. The van der Waals surface area contributed by atoms with Crippen molar-refractivity contribution in [2.75, 3.05) is 26.2 Å². The van der Waals surface area contributed by atoms with Gasteiger partial charge in [-0.05, 0) is 44.6 Å². The molecule has 11 heteroatoms. The molecule has 2 amide bonds. The lowest BCUT2D eigenvalue weighted by Gasteiger charge is -2.62. The first kappa shape index (κ1) is 21.4. The first-order chi connectivity index (χ1) is 16.7. The second-order valence-electron chi connectivity index (χ2n) is 11.5. The van der Waals surface area contributed by atoms with E-state index in [4.69, 9.17) is 4.74 Å². The standard InChI is InChI=1S/C24H27F3N6O2/c25-24(26,27)16-3-4-28-18(5-16)35-17-8-23(9-17)12-33(13-23)21(34)32-10-22(11-32)6-15(7-22)20-29-19(30-31-20)14-1-2-14/h3-5,14-15,17H,1-2,6-13H2,(H,29,30,31). The molecule has 2 aromatic rings. The van der Waals surface area contributed by atoms with E-state index in [0.717, 1.165) is 68.8 Å². The number of H-pyrrole nitrogens is 1. The van der Waals surface area contributed by atoms with Gasteiger partial charge in [-0.3, -0.25) is 5.10 Å². The second kappa shape index (κ2) is 7.10. The number of alkyl halides is 3. The Kier molecular flexibility index (Phi) is 4.35. The molecule has 0 atom stereocenters. The Morgan fingerprint density at radius 2 is 1.69 bits per heavy atom. The summed E-state index contributed by atoms with van der Waals surface area (Å²) in [6, 6.07) is 1.98. The Balaban J connectivity index is 0.851. The van der Waals surface area contributed by atoms with Gasteiger partial charge < -0.3 is 14.5 Å². The lowest BCUT2D eigenvalue weighted by Crippen LogP contribution is -2.71. The van der Waals surface area contributed by atoms with Crippen LogP contribution in [0.25, 0.3) is 0 Å². The Hall–Kier alpha value is -2.85. The van der Waals surface area contributed by atoms with Crippen LogP contribution in [-0.4, -0.2) is 68.3 Å². The number of carbonyl (C=O) groups is 1. The van der Waals surface area contributed by atoms with Crippen LogP contribution < -0.4 is 4.74 Å². The average molecular weight is 489 g/mol. The van der Waals surface area contributed by atoms with Crippen molar-refractivity contribution < 1.29 is 22.7 Å². The Bertz CT molecular complexity index is 1150. The Labute approximate surface area is 200 Å². The highest BCUT2D eigenvalue weighted by molar-refractivity contribution is 5.77. The van der Waals surface area contributed by atoms with Crippen molar-refractivity contribution in [3.8, 4) is 5.88 Å². The Morgan fingerprint density at radius 3 is 2.31 bits per heavy atom. The molecule has 2 saturated heterocycles. The third-order valence-electron chi connectivity index (χ3n) is 8.53.